The van der Waals surface area contributed by atoms with Crippen LogP contribution in [0.3, 0.4) is 0 Å². The van der Waals surface area contributed by atoms with Crippen LogP contribution in [0.15, 0.2) is 70.8 Å². The van der Waals surface area contributed by atoms with Crippen molar-refractivity contribution in [1.29, 1.82) is 0 Å². The van der Waals surface area contributed by atoms with Gasteiger partial charge >= 0.3 is 17.7 Å². The summed E-state index contributed by atoms with van der Waals surface area (Å²) >= 11 is 0. The first-order valence-electron chi connectivity index (χ1n) is 27.0. The molecule has 7 rings (SSSR count). The molecule has 2 aromatic rings. The van der Waals surface area contributed by atoms with E-state index in [9.17, 15) is 49.0 Å². The molecular formula is C57H77N5O17P2. The Labute approximate surface area is 474 Å². The highest BCUT2D eigenvalue weighted by Crippen LogP contribution is 2.50. The van der Waals surface area contributed by atoms with Gasteiger partial charge in [0.25, 0.3) is 11.7 Å². The van der Waals surface area contributed by atoms with Crippen LogP contribution in [0.5, 0.6) is 17.2 Å². The van der Waals surface area contributed by atoms with E-state index < -0.39 is 98.5 Å². The number of carbonyl (C=O) groups excluding carboxylic acids is 6. The van der Waals surface area contributed by atoms with Gasteiger partial charge in [-0.05, 0) is 75.0 Å². The number of aliphatic hydroxyl groups is 1. The lowest BCUT2D eigenvalue weighted by atomic mass is 9.80. The Bertz CT molecular complexity index is 2870. The molecule has 442 valence electrons. The minimum absolute atomic E-state index is 0.0215. The van der Waals surface area contributed by atoms with Gasteiger partial charge in [-0.25, -0.2) is 4.99 Å². The predicted octanol–water partition coefficient (Wildman–Crippen LogP) is 6.79. The summed E-state index contributed by atoms with van der Waals surface area (Å²) < 4.78 is 30.2. The summed E-state index contributed by atoms with van der Waals surface area (Å²) in [7, 11) is -4.63. The lowest BCUT2D eigenvalue weighted by Crippen LogP contribution is -2.47. The number of nitrogens with one attached hydrogen (secondary N) is 2. The number of carbonyl (C=O) groups is 6. The van der Waals surface area contributed by atoms with Crippen LogP contribution in [0.1, 0.15) is 126 Å². The molecule has 2 aromatic carbocycles. The number of phenols is 1. The Hall–Kier alpha value is -6.09. The fourth-order valence-electron chi connectivity index (χ4n) is 10.5. The van der Waals surface area contributed by atoms with Gasteiger partial charge in [0.05, 0.1) is 30.6 Å². The van der Waals surface area contributed by atoms with E-state index in [0.29, 0.717) is 31.1 Å². The number of aromatic hydroxyl groups is 1. The van der Waals surface area contributed by atoms with E-state index in [1.807, 2.05) is 33.8 Å². The monoisotopic (exact) mass is 1170 g/mol. The molecule has 24 heteroatoms. The zero-order valence-electron chi connectivity index (χ0n) is 47.7. The number of aliphatic imine (C=N–C) groups is 1. The number of Topliss-reactive ketones (excluding diaryl/α,β-unsaturated/α-hetero) is 2. The van der Waals surface area contributed by atoms with Crippen LogP contribution in [0, 0.1) is 36.5 Å². The first kappa shape index (κ1) is 64.1. The minimum Gasteiger partial charge on any atom is -0.507 e. The summed E-state index contributed by atoms with van der Waals surface area (Å²) in [6.07, 6.45) is 6.42. The average Bonchev–Trinajstić information content (AvgIpc) is 3.36. The van der Waals surface area contributed by atoms with E-state index in [0.717, 1.165) is 19.6 Å². The summed E-state index contributed by atoms with van der Waals surface area (Å²) in [5, 5.41) is 28.5. The van der Waals surface area contributed by atoms with Gasteiger partial charge < -0.3 is 69.0 Å². The summed E-state index contributed by atoms with van der Waals surface area (Å²) in [5.74, 6) is -8.65. The molecule has 1 saturated heterocycles. The van der Waals surface area contributed by atoms with Gasteiger partial charge in [-0.15, -0.1) is 0 Å². The van der Waals surface area contributed by atoms with E-state index in [4.69, 9.17) is 28.7 Å². The second kappa shape index (κ2) is 27.8. The Morgan fingerprint density at radius 2 is 1.64 bits per heavy atom. The number of benzene rings is 2. The molecule has 7 atom stereocenters. The van der Waals surface area contributed by atoms with E-state index in [-0.39, 0.29) is 94.4 Å². The molecule has 4 heterocycles. The number of esters is 2. The molecule has 2 amide bonds. The minimum atomic E-state index is -2.92. The largest absolute Gasteiger partial charge is 0.507 e. The molecule has 8 N–H and O–H groups in total. The maximum absolute atomic E-state index is 15.1. The van der Waals surface area contributed by atoms with Gasteiger partial charge in [0, 0.05) is 93.8 Å². The highest BCUT2D eigenvalue weighted by atomic mass is 31.2. The van der Waals surface area contributed by atoms with E-state index in [1.165, 1.54) is 41.1 Å². The van der Waals surface area contributed by atoms with Crippen molar-refractivity contribution in [2.24, 2.45) is 34.6 Å². The fourth-order valence-corrected chi connectivity index (χ4v) is 11.7. The van der Waals surface area contributed by atoms with E-state index in [2.05, 4.69) is 34.3 Å². The number of amides is 2. The third-order valence-corrected chi connectivity index (χ3v) is 17.1. The lowest BCUT2D eigenvalue weighted by molar-refractivity contribution is -0.156. The van der Waals surface area contributed by atoms with Crippen LogP contribution in [0.2, 0.25) is 0 Å². The van der Waals surface area contributed by atoms with Gasteiger partial charge in [-0.2, -0.15) is 0 Å². The summed E-state index contributed by atoms with van der Waals surface area (Å²) in [5.41, 5.74) is -2.56. The van der Waals surface area contributed by atoms with Gasteiger partial charge in [-0.3, -0.25) is 33.7 Å². The Balaban J connectivity index is 1.51. The van der Waals surface area contributed by atoms with Crippen molar-refractivity contribution in [2.75, 3.05) is 44.7 Å². The van der Waals surface area contributed by atoms with Gasteiger partial charge in [0.2, 0.25) is 11.7 Å². The number of hydrogen-bond acceptors (Lipinski definition) is 20. The van der Waals surface area contributed by atoms with Crippen LogP contribution in [0.4, 0.5) is 11.4 Å². The molecule has 0 radical (unpaired) electrons. The normalized spacial score (nSPS) is 26.1. The van der Waals surface area contributed by atoms with Crippen LogP contribution < -0.4 is 25.0 Å². The van der Waals surface area contributed by atoms with Crippen LogP contribution in [0.25, 0.3) is 0 Å². The number of methoxy groups -OCH3 is 1. The Morgan fingerprint density at radius 3 is 2.27 bits per heavy atom. The SMILES string of the molecule is COC1=C2NC(=O)/C(C)=C\C=C\C(C)C[C@@H](C)C(O)[C@@H](C)C(OC(C)=O)[C@H](C)C/C=C/O[C@@]3(C)Oc4c(C)c(O)c(c(c4C3=O)C1=Nc1ccc(N3CCN(CC(C)C)CC3)cc1OC(=O)CCCC(=O)NC(P(O)O)P(O)O)C2=O. The Kier molecular flexibility index (Phi) is 22.0. The van der Waals surface area contributed by atoms with Crippen molar-refractivity contribution in [2.45, 2.75) is 125 Å². The van der Waals surface area contributed by atoms with Crippen LogP contribution >= 0.6 is 16.8 Å². The number of nitrogens with zero attached hydrogens (tertiary/aromatic N) is 3. The number of ketones is 2. The Morgan fingerprint density at radius 1 is 0.963 bits per heavy atom. The number of hydrogen-bond donors (Lipinski definition) is 8. The number of allylic oxidation sites excluding steroid dienone is 6. The molecule has 5 bridgehead atoms. The lowest BCUT2D eigenvalue weighted by Gasteiger charge is -2.37. The molecule has 1 fully saturated rings. The molecule has 0 aromatic heterocycles. The highest BCUT2D eigenvalue weighted by molar-refractivity contribution is 7.64. The third-order valence-electron chi connectivity index (χ3n) is 14.7. The van der Waals surface area contributed by atoms with Crippen LogP contribution in [-0.4, -0.2) is 139 Å². The van der Waals surface area contributed by atoms with Crippen molar-refractivity contribution in [1.82, 2.24) is 15.5 Å². The maximum Gasteiger partial charge on any atom is 0.312 e. The maximum atomic E-state index is 15.1. The number of fused-ring (bicyclic) bond motifs is 14. The standard InChI is InChI=1S/C57H77N5O17P2/c1-30(2)29-61-22-24-62(25-23-61)38-20-21-39(40(28-38)78-42(65)19-13-18-41(64)59-56(80(71)72)81(73)74)58-46-43-44-49(67)36(8)52-45(43)54(69)57(10,79-52)76-26-14-17-32(4)51(77-37(9)63)35(7)48(66)34(6)27-31(3)15-12-16-33(5)55(70)60-47(50(44)68)53(46)75-11/h12,14-16,20-21,26,28,30-32,34-35,48,51,56,66-67,71-74H,13,17-19,22-25,27,29H2,1-11H3,(H,59,64)(H,60,70)/b15-12+,26-14+,33-16-,58-46?/t31?,32-,34-,35-,48?,51?,57+/m1/s1. The van der Waals surface area contributed by atoms with Crippen molar-refractivity contribution >= 4 is 69.2 Å². The van der Waals surface area contributed by atoms with E-state index >= 15 is 9.59 Å². The smallest absolute Gasteiger partial charge is 0.312 e. The van der Waals surface area contributed by atoms with Crippen molar-refractivity contribution < 1.29 is 82.2 Å². The van der Waals surface area contributed by atoms with Crippen molar-refractivity contribution in [3.63, 3.8) is 0 Å². The van der Waals surface area contributed by atoms with Gasteiger partial charge in [0.15, 0.2) is 33.8 Å². The van der Waals surface area contributed by atoms with Crippen molar-refractivity contribution in [3.05, 3.63) is 88.0 Å². The second-order valence-corrected chi connectivity index (χ2v) is 24.5. The molecule has 0 spiro atoms. The zero-order chi connectivity index (χ0) is 59.8. The molecule has 81 heavy (non-hydrogen) atoms. The molecule has 5 aliphatic rings. The molecule has 0 saturated carbocycles. The van der Waals surface area contributed by atoms with Gasteiger partial charge in [0.1, 0.15) is 34.7 Å². The number of phenolic OH excluding ortho intramolecular Hbond substituents is 1. The molecular weight excluding hydrogens is 1090 g/mol. The molecule has 3 unspecified atom stereocenters. The second-order valence-electron chi connectivity index (χ2n) is 21.8. The number of rotatable bonds is 14. The summed E-state index contributed by atoms with van der Waals surface area (Å²) in [4.78, 5) is 131. The van der Waals surface area contributed by atoms with E-state index in [1.54, 1.807) is 36.4 Å². The first-order valence-corrected chi connectivity index (χ1v) is 29.7. The number of anilines is 1. The fraction of sp³-hybridized carbons (Fsp3) is 0.526. The van der Waals surface area contributed by atoms with Crippen LogP contribution in [-0.2, 0) is 33.4 Å². The average molecular weight is 1170 g/mol. The third kappa shape index (κ3) is 15.3. The number of ether oxygens (including phenoxy) is 5. The highest BCUT2D eigenvalue weighted by Gasteiger charge is 2.52. The number of aliphatic hydroxyl groups excluding tert-OH is 1. The zero-order valence-corrected chi connectivity index (χ0v) is 49.5. The van der Waals surface area contributed by atoms with Crippen molar-refractivity contribution in [3.8, 4) is 17.2 Å². The number of piperazine rings is 1. The first-order chi connectivity index (χ1) is 38.2. The molecule has 4 aliphatic heterocycles. The summed E-state index contributed by atoms with van der Waals surface area (Å²) in [6, 6.07) is 4.91. The molecule has 1 aliphatic carbocycles. The topological polar surface area (TPSA) is 313 Å². The van der Waals surface area contributed by atoms with Gasteiger partial charge in [-0.1, -0.05) is 59.8 Å². The summed E-state index contributed by atoms with van der Waals surface area (Å²) in [6.45, 7) is 21.1. The molecule has 22 nitrogen and oxygen atoms in total. The quantitative estimate of drug-likeness (QED) is 0.0548. The predicted molar refractivity (Wildman–Crippen MR) is 304 cm³/mol.